The van der Waals surface area contributed by atoms with Gasteiger partial charge in [0.25, 0.3) is 0 Å². The van der Waals surface area contributed by atoms with Crippen LogP contribution in [0.4, 0.5) is 5.95 Å². The maximum absolute atomic E-state index is 5.79. The molecule has 0 aliphatic rings. The van der Waals surface area contributed by atoms with Gasteiger partial charge in [0, 0.05) is 4.88 Å². The number of anilines is 1. The SMILES string of the molecule is CC(C)(C)C(Nc1ncc(Cl)cn1)c1cccs1. The summed E-state index contributed by atoms with van der Waals surface area (Å²) in [6.45, 7) is 6.58. The van der Waals surface area contributed by atoms with Crippen molar-refractivity contribution in [3.63, 3.8) is 0 Å². The molecule has 0 spiro atoms. The third kappa shape index (κ3) is 3.21. The molecule has 18 heavy (non-hydrogen) atoms. The number of thiophene rings is 1. The lowest BCUT2D eigenvalue weighted by atomic mass is 9.86. The van der Waals surface area contributed by atoms with Gasteiger partial charge in [-0.2, -0.15) is 0 Å². The van der Waals surface area contributed by atoms with Gasteiger partial charge >= 0.3 is 0 Å². The molecule has 1 N–H and O–H groups in total. The number of aromatic nitrogens is 2. The average molecular weight is 282 g/mol. The van der Waals surface area contributed by atoms with E-state index in [-0.39, 0.29) is 11.5 Å². The van der Waals surface area contributed by atoms with Crippen molar-refractivity contribution in [1.82, 2.24) is 9.97 Å². The zero-order chi connectivity index (χ0) is 13.2. The quantitative estimate of drug-likeness (QED) is 0.907. The zero-order valence-corrected chi connectivity index (χ0v) is 12.2. The molecule has 1 unspecified atom stereocenters. The van der Waals surface area contributed by atoms with Gasteiger partial charge in [0.05, 0.1) is 23.5 Å². The van der Waals surface area contributed by atoms with Crippen molar-refractivity contribution in [3.05, 3.63) is 39.8 Å². The van der Waals surface area contributed by atoms with E-state index in [1.54, 1.807) is 23.7 Å². The van der Waals surface area contributed by atoms with Crippen LogP contribution in [0.15, 0.2) is 29.9 Å². The number of nitrogens with one attached hydrogen (secondary N) is 1. The number of nitrogens with zero attached hydrogens (tertiary/aromatic N) is 2. The van der Waals surface area contributed by atoms with E-state index in [4.69, 9.17) is 11.6 Å². The highest BCUT2D eigenvalue weighted by molar-refractivity contribution is 7.10. The van der Waals surface area contributed by atoms with Gasteiger partial charge in [0.15, 0.2) is 0 Å². The second-order valence-electron chi connectivity index (χ2n) is 5.18. The fraction of sp³-hybridized carbons (Fsp3) is 0.385. The second-order valence-corrected chi connectivity index (χ2v) is 6.60. The van der Waals surface area contributed by atoms with Crippen LogP contribution in [0.3, 0.4) is 0 Å². The zero-order valence-electron chi connectivity index (χ0n) is 10.6. The van der Waals surface area contributed by atoms with Crippen LogP contribution in [0.2, 0.25) is 5.02 Å². The molecule has 2 heterocycles. The van der Waals surface area contributed by atoms with Gasteiger partial charge in [-0.15, -0.1) is 11.3 Å². The van der Waals surface area contributed by atoms with Gasteiger partial charge in [-0.1, -0.05) is 38.4 Å². The Labute approximate surface area is 116 Å². The molecule has 96 valence electrons. The minimum Gasteiger partial charge on any atom is -0.346 e. The number of hydrogen-bond acceptors (Lipinski definition) is 4. The lowest BCUT2D eigenvalue weighted by Gasteiger charge is -2.30. The molecule has 5 heteroatoms. The summed E-state index contributed by atoms with van der Waals surface area (Å²) in [6.07, 6.45) is 3.20. The first-order valence-electron chi connectivity index (χ1n) is 5.74. The highest BCUT2D eigenvalue weighted by Gasteiger charge is 2.27. The van der Waals surface area contributed by atoms with E-state index in [1.165, 1.54) is 4.88 Å². The Morgan fingerprint density at radius 2 is 1.94 bits per heavy atom. The van der Waals surface area contributed by atoms with Crippen molar-refractivity contribution in [2.24, 2.45) is 5.41 Å². The Bertz CT molecular complexity index is 488. The molecule has 0 aliphatic heterocycles. The van der Waals surface area contributed by atoms with Crippen molar-refractivity contribution in [2.45, 2.75) is 26.8 Å². The molecule has 3 nitrogen and oxygen atoms in total. The number of halogens is 1. The Morgan fingerprint density at radius 3 is 2.44 bits per heavy atom. The molecule has 0 amide bonds. The maximum Gasteiger partial charge on any atom is 0.223 e. The van der Waals surface area contributed by atoms with Crippen LogP contribution in [0.5, 0.6) is 0 Å². The van der Waals surface area contributed by atoms with E-state index in [1.807, 2.05) is 0 Å². The van der Waals surface area contributed by atoms with Gasteiger partial charge in [-0.3, -0.25) is 0 Å². The lowest BCUT2D eigenvalue weighted by molar-refractivity contribution is 0.350. The van der Waals surface area contributed by atoms with Crippen LogP contribution >= 0.6 is 22.9 Å². The monoisotopic (exact) mass is 281 g/mol. The van der Waals surface area contributed by atoms with Crippen LogP contribution in [-0.2, 0) is 0 Å². The molecule has 0 fully saturated rings. The third-order valence-corrected chi connectivity index (χ3v) is 3.72. The van der Waals surface area contributed by atoms with Gasteiger partial charge in [0.2, 0.25) is 5.95 Å². The van der Waals surface area contributed by atoms with Crippen LogP contribution in [0.25, 0.3) is 0 Å². The van der Waals surface area contributed by atoms with Crippen LogP contribution in [-0.4, -0.2) is 9.97 Å². The second kappa shape index (κ2) is 5.24. The molecule has 0 saturated carbocycles. The van der Waals surface area contributed by atoms with E-state index in [0.29, 0.717) is 11.0 Å². The summed E-state index contributed by atoms with van der Waals surface area (Å²) in [7, 11) is 0. The van der Waals surface area contributed by atoms with Crippen molar-refractivity contribution < 1.29 is 0 Å². The van der Waals surface area contributed by atoms with Crippen molar-refractivity contribution in [1.29, 1.82) is 0 Å². The maximum atomic E-state index is 5.79. The summed E-state index contributed by atoms with van der Waals surface area (Å²) in [5.41, 5.74) is 0.0772. The van der Waals surface area contributed by atoms with Gasteiger partial charge in [0.1, 0.15) is 0 Å². The predicted molar refractivity (Wildman–Crippen MR) is 77.2 cm³/mol. The van der Waals surface area contributed by atoms with E-state index in [9.17, 15) is 0 Å². The van der Waals surface area contributed by atoms with E-state index < -0.39 is 0 Å². The molecule has 2 aromatic rings. The summed E-state index contributed by atoms with van der Waals surface area (Å²) in [5, 5.41) is 6.01. The van der Waals surface area contributed by atoms with Gasteiger partial charge in [-0.05, 0) is 16.9 Å². The molecule has 0 bridgehead atoms. The van der Waals surface area contributed by atoms with Crippen molar-refractivity contribution >= 4 is 28.9 Å². The molecular weight excluding hydrogens is 266 g/mol. The topological polar surface area (TPSA) is 37.8 Å². The average Bonchev–Trinajstić information content (AvgIpc) is 2.80. The molecule has 1 atom stereocenters. The number of rotatable bonds is 3. The Kier molecular flexibility index (Phi) is 3.88. The van der Waals surface area contributed by atoms with E-state index in [2.05, 4.69) is 53.6 Å². The molecule has 2 aromatic heterocycles. The normalized spacial score (nSPS) is 13.3. The molecular formula is C13H16ClN3S. The van der Waals surface area contributed by atoms with E-state index >= 15 is 0 Å². The first-order valence-corrected chi connectivity index (χ1v) is 7.00. The predicted octanol–water partition coefficient (Wildman–Crippen LogP) is 4.39. The highest BCUT2D eigenvalue weighted by Crippen LogP contribution is 2.37. The largest absolute Gasteiger partial charge is 0.346 e. The minimum absolute atomic E-state index is 0.0772. The Balaban J connectivity index is 2.24. The summed E-state index contributed by atoms with van der Waals surface area (Å²) in [4.78, 5) is 9.66. The molecule has 0 radical (unpaired) electrons. The van der Waals surface area contributed by atoms with Crippen molar-refractivity contribution in [3.8, 4) is 0 Å². The van der Waals surface area contributed by atoms with E-state index in [0.717, 1.165) is 0 Å². The molecule has 0 aromatic carbocycles. The minimum atomic E-state index is 0.0772. The van der Waals surface area contributed by atoms with Crippen molar-refractivity contribution in [2.75, 3.05) is 5.32 Å². The molecule has 0 saturated heterocycles. The summed E-state index contributed by atoms with van der Waals surface area (Å²) >= 11 is 7.52. The third-order valence-electron chi connectivity index (χ3n) is 2.59. The summed E-state index contributed by atoms with van der Waals surface area (Å²) in [6, 6.07) is 4.37. The fourth-order valence-electron chi connectivity index (χ4n) is 1.69. The number of hydrogen-bond donors (Lipinski definition) is 1. The van der Waals surface area contributed by atoms with Crippen LogP contribution in [0.1, 0.15) is 31.7 Å². The van der Waals surface area contributed by atoms with Crippen LogP contribution in [0, 0.1) is 5.41 Å². The Hall–Kier alpha value is -1.13. The van der Waals surface area contributed by atoms with Crippen LogP contribution < -0.4 is 5.32 Å². The van der Waals surface area contributed by atoms with Gasteiger partial charge < -0.3 is 5.32 Å². The highest BCUT2D eigenvalue weighted by atomic mass is 35.5. The standard InChI is InChI=1S/C13H16ClN3S/c1-13(2,3)11(10-5-4-6-18-10)17-12-15-7-9(14)8-16-12/h4-8,11H,1-3H3,(H,15,16,17). The first kappa shape index (κ1) is 13.3. The smallest absolute Gasteiger partial charge is 0.223 e. The first-order chi connectivity index (χ1) is 8.47. The molecule has 0 aliphatic carbocycles. The Morgan fingerprint density at radius 1 is 1.28 bits per heavy atom. The van der Waals surface area contributed by atoms with Gasteiger partial charge in [-0.25, -0.2) is 9.97 Å². The lowest BCUT2D eigenvalue weighted by Crippen LogP contribution is -2.25. The summed E-state index contributed by atoms with van der Waals surface area (Å²) < 4.78 is 0. The molecule has 2 rings (SSSR count). The fourth-order valence-corrected chi connectivity index (χ4v) is 2.80. The summed E-state index contributed by atoms with van der Waals surface area (Å²) in [5.74, 6) is 0.604.